The van der Waals surface area contributed by atoms with Crippen LogP contribution in [0.4, 0.5) is 5.13 Å². The van der Waals surface area contributed by atoms with Crippen molar-refractivity contribution in [3.8, 4) is 0 Å². The summed E-state index contributed by atoms with van der Waals surface area (Å²) in [7, 11) is 0. The molecule has 1 aromatic heterocycles. The van der Waals surface area contributed by atoms with Crippen molar-refractivity contribution in [2.24, 2.45) is 5.10 Å². The molecule has 3 rings (SSSR count). The zero-order valence-corrected chi connectivity index (χ0v) is 16.2. The Balaban J connectivity index is 1.56. The number of thiazole rings is 1. The van der Waals surface area contributed by atoms with Gasteiger partial charge in [0.15, 0.2) is 5.13 Å². The second-order valence-electron chi connectivity index (χ2n) is 6.43. The minimum atomic E-state index is -0.160. The average Bonchev–Trinajstić information content (AvgIpc) is 3.11. The summed E-state index contributed by atoms with van der Waals surface area (Å²) in [6, 6.07) is 6.16. The third-order valence-corrected chi connectivity index (χ3v) is 5.39. The number of morpholine rings is 1. The van der Waals surface area contributed by atoms with Gasteiger partial charge in [-0.05, 0) is 43.5 Å². The van der Waals surface area contributed by atoms with Gasteiger partial charge in [-0.3, -0.25) is 4.79 Å². The lowest BCUT2D eigenvalue weighted by molar-refractivity contribution is -0.120. The van der Waals surface area contributed by atoms with E-state index in [0.29, 0.717) is 0 Å². The van der Waals surface area contributed by atoms with Crippen molar-refractivity contribution < 1.29 is 9.53 Å². The molecule has 0 saturated carbocycles. The Morgan fingerprint density at radius 3 is 2.81 bits per heavy atom. The molecule has 0 unspecified atom stereocenters. The van der Waals surface area contributed by atoms with E-state index < -0.39 is 0 Å². The molecule has 2 heterocycles. The SMILES string of the molecule is C/C(=N/NC(=O)Cc1csc(N2CCOCC2)n1)c1ccc(C)c(C)c1. The molecule has 1 aromatic carbocycles. The number of carbonyl (C=O) groups excluding carboxylic acids is 1. The monoisotopic (exact) mass is 372 g/mol. The molecule has 0 bridgehead atoms. The molecule has 0 aliphatic carbocycles. The van der Waals surface area contributed by atoms with E-state index in [4.69, 9.17) is 4.74 Å². The Morgan fingerprint density at radius 2 is 2.08 bits per heavy atom. The number of hydrogen-bond donors (Lipinski definition) is 1. The molecule has 0 atom stereocenters. The van der Waals surface area contributed by atoms with Crippen molar-refractivity contribution in [2.75, 3.05) is 31.2 Å². The van der Waals surface area contributed by atoms with Crippen LogP contribution in [0.2, 0.25) is 0 Å². The van der Waals surface area contributed by atoms with Crippen LogP contribution in [0.25, 0.3) is 0 Å². The Bertz CT molecular complexity index is 810. The van der Waals surface area contributed by atoms with Gasteiger partial charge in [0.2, 0.25) is 5.91 Å². The summed E-state index contributed by atoms with van der Waals surface area (Å²) in [5.41, 5.74) is 7.65. The molecule has 6 nitrogen and oxygen atoms in total. The van der Waals surface area contributed by atoms with Gasteiger partial charge in [0, 0.05) is 18.5 Å². The molecule has 7 heteroatoms. The van der Waals surface area contributed by atoms with Crippen molar-refractivity contribution in [1.82, 2.24) is 10.4 Å². The molecule has 26 heavy (non-hydrogen) atoms. The third kappa shape index (κ3) is 4.68. The number of carbonyl (C=O) groups is 1. The van der Waals surface area contributed by atoms with E-state index in [1.54, 1.807) is 11.3 Å². The minimum absolute atomic E-state index is 0.160. The standard InChI is InChI=1S/C19H24N4O2S/c1-13-4-5-16(10-14(13)2)15(3)21-22-18(24)11-17-12-26-19(20-17)23-6-8-25-9-7-23/h4-5,10,12H,6-9,11H2,1-3H3,(H,22,24)/b21-15-. The van der Waals surface area contributed by atoms with Gasteiger partial charge in [0.1, 0.15) is 0 Å². The molecule has 0 radical (unpaired) electrons. The number of amides is 1. The van der Waals surface area contributed by atoms with E-state index in [2.05, 4.69) is 46.4 Å². The van der Waals surface area contributed by atoms with Gasteiger partial charge in [-0.1, -0.05) is 12.1 Å². The van der Waals surface area contributed by atoms with E-state index in [1.165, 1.54) is 11.1 Å². The van der Waals surface area contributed by atoms with Crippen LogP contribution < -0.4 is 10.3 Å². The number of benzene rings is 1. The van der Waals surface area contributed by atoms with Crippen molar-refractivity contribution >= 4 is 28.1 Å². The fourth-order valence-corrected chi connectivity index (χ4v) is 3.54. The van der Waals surface area contributed by atoms with Gasteiger partial charge >= 0.3 is 0 Å². The molecule has 1 N–H and O–H groups in total. The zero-order valence-electron chi connectivity index (χ0n) is 15.4. The smallest absolute Gasteiger partial charge is 0.246 e. The number of aryl methyl sites for hydroxylation is 2. The summed E-state index contributed by atoms with van der Waals surface area (Å²) in [5.74, 6) is -0.160. The van der Waals surface area contributed by atoms with Crippen molar-refractivity contribution in [3.63, 3.8) is 0 Å². The molecule has 1 fully saturated rings. The molecule has 138 valence electrons. The van der Waals surface area contributed by atoms with Crippen LogP contribution in [0.1, 0.15) is 29.3 Å². The van der Waals surface area contributed by atoms with Crippen LogP contribution in [0.3, 0.4) is 0 Å². The van der Waals surface area contributed by atoms with Gasteiger partial charge < -0.3 is 9.64 Å². The Labute approximate surface area is 157 Å². The number of nitrogens with zero attached hydrogens (tertiary/aromatic N) is 3. The van der Waals surface area contributed by atoms with Gasteiger partial charge in [-0.25, -0.2) is 10.4 Å². The maximum absolute atomic E-state index is 12.2. The molecule has 1 aliphatic heterocycles. The molecule has 1 aliphatic rings. The van der Waals surface area contributed by atoms with Crippen LogP contribution in [-0.4, -0.2) is 42.9 Å². The van der Waals surface area contributed by atoms with Crippen molar-refractivity contribution in [3.05, 3.63) is 46.0 Å². The molecule has 2 aromatic rings. The molecular weight excluding hydrogens is 348 g/mol. The first-order valence-corrected chi connectivity index (χ1v) is 9.59. The molecule has 1 amide bonds. The van der Waals surface area contributed by atoms with E-state index in [1.807, 2.05) is 18.4 Å². The van der Waals surface area contributed by atoms with E-state index >= 15 is 0 Å². The molecule has 0 spiro atoms. The highest BCUT2D eigenvalue weighted by molar-refractivity contribution is 7.13. The number of hydrogen-bond acceptors (Lipinski definition) is 6. The van der Waals surface area contributed by atoms with E-state index in [0.717, 1.165) is 48.4 Å². The zero-order chi connectivity index (χ0) is 18.5. The number of ether oxygens (including phenoxy) is 1. The van der Waals surface area contributed by atoms with E-state index in [9.17, 15) is 4.79 Å². The summed E-state index contributed by atoms with van der Waals surface area (Å²) < 4.78 is 5.35. The second kappa shape index (κ2) is 8.42. The summed E-state index contributed by atoms with van der Waals surface area (Å²) in [5, 5.41) is 7.11. The quantitative estimate of drug-likeness (QED) is 0.647. The highest BCUT2D eigenvalue weighted by Crippen LogP contribution is 2.21. The predicted molar refractivity (Wildman–Crippen MR) is 105 cm³/mol. The first-order chi connectivity index (χ1) is 12.5. The summed E-state index contributed by atoms with van der Waals surface area (Å²) in [6.45, 7) is 9.18. The van der Waals surface area contributed by atoms with Gasteiger partial charge in [-0.15, -0.1) is 11.3 Å². The highest BCUT2D eigenvalue weighted by Gasteiger charge is 2.15. The maximum Gasteiger partial charge on any atom is 0.246 e. The lowest BCUT2D eigenvalue weighted by Gasteiger charge is -2.26. The Kier molecular flexibility index (Phi) is 6.00. The van der Waals surface area contributed by atoms with Crippen LogP contribution in [0.15, 0.2) is 28.7 Å². The summed E-state index contributed by atoms with van der Waals surface area (Å²) in [6.07, 6.45) is 0.227. The van der Waals surface area contributed by atoms with Gasteiger partial charge in [0.05, 0.1) is 31.0 Å². The normalized spacial score (nSPS) is 15.2. The topological polar surface area (TPSA) is 66.8 Å². The molecule has 1 saturated heterocycles. The number of aromatic nitrogens is 1. The minimum Gasteiger partial charge on any atom is -0.378 e. The summed E-state index contributed by atoms with van der Waals surface area (Å²) in [4.78, 5) is 18.9. The van der Waals surface area contributed by atoms with Crippen LogP contribution >= 0.6 is 11.3 Å². The third-order valence-electron chi connectivity index (χ3n) is 4.44. The Hall–Kier alpha value is -2.25. The average molecular weight is 372 g/mol. The maximum atomic E-state index is 12.2. The van der Waals surface area contributed by atoms with Crippen molar-refractivity contribution in [2.45, 2.75) is 27.2 Å². The lowest BCUT2D eigenvalue weighted by Crippen LogP contribution is -2.36. The van der Waals surface area contributed by atoms with Gasteiger partial charge in [0.25, 0.3) is 0 Å². The number of rotatable bonds is 5. The first-order valence-electron chi connectivity index (χ1n) is 8.71. The van der Waals surface area contributed by atoms with Gasteiger partial charge in [-0.2, -0.15) is 5.10 Å². The van der Waals surface area contributed by atoms with Crippen LogP contribution in [0, 0.1) is 13.8 Å². The first kappa shape index (κ1) is 18.5. The lowest BCUT2D eigenvalue weighted by atomic mass is 10.0. The number of nitrogens with one attached hydrogen (secondary N) is 1. The molecular formula is C19H24N4O2S. The predicted octanol–water partition coefficient (Wildman–Crippen LogP) is 2.68. The fourth-order valence-electron chi connectivity index (χ4n) is 2.66. The fraction of sp³-hybridized carbons (Fsp3) is 0.421. The Morgan fingerprint density at radius 1 is 1.31 bits per heavy atom. The largest absolute Gasteiger partial charge is 0.378 e. The van der Waals surface area contributed by atoms with Crippen LogP contribution in [0.5, 0.6) is 0 Å². The highest BCUT2D eigenvalue weighted by atomic mass is 32.1. The van der Waals surface area contributed by atoms with Crippen molar-refractivity contribution in [1.29, 1.82) is 0 Å². The number of hydrazone groups is 1. The van der Waals surface area contributed by atoms with E-state index in [-0.39, 0.29) is 12.3 Å². The second-order valence-corrected chi connectivity index (χ2v) is 7.27. The van der Waals surface area contributed by atoms with Crippen LogP contribution in [-0.2, 0) is 16.0 Å². The number of anilines is 1. The summed E-state index contributed by atoms with van der Waals surface area (Å²) >= 11 is 1.57.